The maximum atomic E-state index is 13.2. The molecule has 1 aromatic carbocycles. The molecule has 4 heterocycles. The second-order valence-electron chi connectivity index (χ2n) is 10.8. The van der Waals surface area contributed by atoms with Gasteiger partial charge in [-0.05, 0) is 56.2 Å². The van der Waals surface area contributed by atoms with Gasteiger partial charge in [-0.1, -0.05) is 32.1 Å². The first-order valence-corrected chi connectivity index (χ1v) is 12.4. The van der Waals surface area contributed by atoms with Crippen LogP contribution >= 0.6 is 0 Å². The Balaban J connectivity index is 1.61. The van der Waals surface area contributed by atoms with Gasteiger partial charge in [-0.15, -0.1) is 6.58 Å². The Morgan fingerprint density at radius 1 is 1.27 bits per heavy atom. The molecule has 9 heteroatoms. The fourth-order valence-electron chi connectivity index (χ4n) is 4.85. The molecule has 4 aromatic rings. The molecule has 1 aliphatic rings. The third-order valence-corrected chi connectivity index (χ3v) is 6.91. The number of anilines is 2. The molecule has 1 unspecified atom stereocenters. The molecule has 5 rings (SSSR count). The van der Waals surface area contributed by atoms with Gasteiger partial charge in [0.25, 0.3) is 5.56 Å². The zero-order valence-electron chi connectivity index (χ0n) is 21.9. The Morgan fingerprint density at radius 2 is 2.05 bits per heavy atom. The van der Waals surface area contributed by atoms with Crippen LogP contribution in [0.15, 0.2) is 60.0 Å². The Morgan fingerprint density at radius 3 is 2.78 bits per heavy atom. The van der Waals surface area contributed by atoms with Gasteiger partial charge in [0, 0.05) is 29.9 Å². The predicted molar refractivity (Wildman–Crippen MR) is 146 cm³/mol. The zero-order valence-corrected chi connectivity index (χ0v) is 21.9. The van der Waals surface area contributed by atoms with Crippen molar-refractivity contribution in [2.45, 2.75) is 58.2 Å². The van der Waals surface area contributed by atoms with E-state index in [4.69, 9.17) is 4.98 Å². The van der Waals surface area contributed by atoms with Gasteiger partial charge < -0.3 is 15.7 Å². The highest BCUT2D eigenvalue weighted by atomic mass is 16.3. The summed E-state index contributed by atoms with van der Waals surface area (Å²) < 4.78 is 3.17. The molecule has 1 atom stereocenters. The van der Waals surface area contributed by atoms with Crippen LogP contribution in [0.5, 0.6) is 0 Å². The van der Waals surface area contributed by atoms with Gasteiger partial charge in [-0.25, -0.2) is 19.3 Å². The van der Waals surface area contributed by atoms with Crippen LogP contribution in [0.1, 0.15) is 57.5 Å². The van der Waals surface area contributed by atoms with Crippen LogP contribution in [0, 0.1) is 0 Å². The van der Waals surface area contributed by atoms with Gasteiger partial charge in [-0.3, -0.25) is 4.79 Å². The lowest BCUT2D eigenvalue weighted by molar-refractivity contribution is 0.0738. The molecule has 0 spiro atoms. The van der Waals surface area contributed by atoms with Crippen LogP contribution in [0.4, 0.5) is 11.6 Å². The lowest BCUT2D eigenvalue weighted by Gasteiger charge is -2.37. The second-order valence-corrected chi connectivity index (χ2v) is 10.8. The fraction of sp³-hybridized carbons (Fsp3) is 0.357. The van der Waals surface area contributed by atoms with Gasteiger partial charge in [0.2, 0.25) is 5.95 Å². The molecule has 0 aliphatic carbocycles. The summed E-state index contributed by atoms with van der Waals surface area (Å²) in [5.74, 6) is 0.834. The normalized spacial score (nSPS) is 17.0. The van der Waals surface area contributed by atoms with Crippen LogP contribution in [0.2, 0.25) is 0 Å². The number of pyridine rings is 1. The molecule has 37 heavy (non-hydrogen) atoms. The van der Waals surface area contributed by atoms with Crippen LogP contribution in [0.25, 0.3) is 16.9 Å². The Hall–Kier alpha value is -3.82. The molecule has 0 saturated heterocycles. The van der Waals surface area contributed by atoms with Crippen molar-refractivity contribution in [3.8, 4) is 5.82 Å². The number of nitrogens with one attached hydrogen (secondary N) is 2. The van der Waals surface area contributed by atoms with E-state index in [9.17, 15) is 9.90 Å². The molecule has 0 bridgehead atoms. The van der Waals surface area contributed by atoms with E-state index in [0.29, 0.717) is 28.5 Å². The average Bonchev–Trinajstić information content (AvgIpc) is 3.12. The molecule has 0 saturated carbocycles. The first kappa shape index (κ1) is 24.9. The minimum atomic E-state index is -1.14. The maximum Gasteiger partial charge on any atom is 0.278 e. The van der Waals surface area contributed by atoms with Gasteiger partial charge in [-0.2, -0.15) is 4.98 Å². The zero-order chi connectivity index (χ0) is 26.5. The minimum absolute atomic E-state index is 0.0462. The van der Waals surface area contributed by atoms with Crippen LogP contribution in [-0.4, -0.2) is 36.0 Å². The van der Waals surface area contributed by atoms with Gasteiger partial charge >= 0.3 is 0 Å². The summed E-state index contributed by atoms with van der Waals surface area (Å²) in [6.07, 6.45) is 3.18. The van der Waals surface area contributed by atoms with Crippen molar-refractivity contribution in [2.75, 3.05) is 11.9 Å². The molecule has 192 valence electrons. The van der Waals surface area contributed by atoms with Crippen molar-refractivity contribution in [1.29, 1.82) is 0 Å². The summed E-state index contributed by atoms with van der Waals surface area (Å²) in [6.45, 7) is 15.0. The average molecular weight is 500 g/mol. The van der Waals surface area contributed by atoms with Crippen molar-refractivity contribution in [2.24, 2.45) is 0 Å². The second kappa shape index (κ2) is 8.93. The van der Waals surface area contributed by atoms with Crippen molar-refractivity contribution < 1.29 is 5.11 Å². The summed E-state index contributed by atoms with van der Waals surface area (Å²) in [7, 11) is 0. The van der Waals surface area contributed by atoms with Gasteiger partial charge in [0.05, 0.1) is 12.2 Å². The first-order valence-electron chi connectivity index (χ1n) is 12.4. The first-order chi connectivity index (χ1) is 17.5. The fourth-order valence-corrected chi connectivity index (χ4v) is 4.85. The topological polar surface area (TPSA) is 110 Å². The summed E-state index contributed by atoms with van der Waals surface area (Å²) >= 11 is 0. The van der Waals surface area contributed by atoms with E-state index in [1.54, 1.807) is 42.8 Å². The number of nitrogens with zero attached hydrogens (tertiary/aromatic N) is 5. The molecule has 9 nitrogen and oxygen atoms in total. The van der Waals surface area contributed by atoms with E-state index in [2.05, 4.69) is 60.1 Å². The smallest absolute Gasteiger partial charge is 0.278 e. The Bertz CT molecular complexity index is 1560. The largest absolute Gasteiger partial charge is 0.384 e. The molecule has 1 aliphatic heterocycles. The number of hydrogen-bond acceptors (Lipinski definition) is 7. The van der Waals surface area contributed by atoms with Gasteiger partial charge in [0.15, 0.2) is 11.5 Å². The van der Waals surface area contributed by atoms with E-state index in [-0.39, 0.29) is 23.6 Å². The lowest BCUT2D eigenvalue weighted by atomic mass is 9.77. The molecule has 0 amide bonds. The summed E-state index contributed by atoms with van der Waals surface area (Å²) in [6, 6.07) is 11.9. The minimum Gasteiger partial charge on any atom is -0.384 e. The van der Waals surface area contributed by atoms with E-state index in [1.807, 2.05) is 6.07 Å². The van der Waals surface area contributed by atoms with Crippen molar-refractivity contribution >= 4 is 22.7 Å². The van der Waals surface area contributed by atoms with Crippen molar-refractivity contribution in [3.05, 3.63) is 82.4 Å². The van der Waals surface area contributed by atoms with E-state index >= 15 is 0 Å². The Labute approximate surface area is 215 Å². The molecule has 3 N–H and O–H groups in total. The van der Waals surface area contributed by atoms with Gasteiger partial charge in [0.1, 0.15) is 11.0 Å². The number of allylic oxidation sites excluding steroid dienone is 1. The molecule has 0 radical (unpaired) electrons. The Kier molecular flexibility index (Phi) is 6.00. The molecular formula is C28H33N7O2. The summed E-state index contributed by atoms with van der Waals surface area (Å²) in [4.78, 5) is 27.0. The van der Waals surface area contributed by atoms with E-state index in [1.165, 1.54) is 22.0 Å². The number of aliphatic hydroxyl groups is 1. The van der Waals surface area contributed by atoms with Crippen molar-refractivity contribution in [1.82, 2.24) is 29.6 Å². The third kappa shape index (κ3) is 4.45. The van der Waals surface area contributed by atoms with E-state index in [0.717, 1.165) is 12.2 Å². The monoisotopic (exact) mass is 499 g/mol. The number of fused-ring (bicyclic) bond motifs is 2. The standard InChI is InChI=1S/C28H33N7O2/c1-7-13-34-25(36)20-15-29-26(31-18-11-12-21-19(14-18)17(2)30-16-27(21,3)4)33-24(20)35(34)23-10-8-9-22(32-23)28(5,6)37/h7-12,14-15,17,30,37H,1,13,16H2,2-6H3,(H,29,31,33). The molecule has 0 fully saturated rings. The number of rotatable bonds is 6. The maximum absolute atomic E-state index is 13.2. The number of aromatic nitrogens is 5. The highest BCUT2D eigenvalue weighted by Gasteiger charge is 2.30. The van der Waals surface area contributed by atoms with Crippen LogP contribution in [0.3, 0.4) is 0 Å². The highest BCUT2D eigenvalue weighted by molar-refractivity contribution is 5.77. The van der Waals surface area contributed by atoms with Crippen molar-refractivity contribution in [3.63, 3.8) is 0 Å². The molecular weight excluding hydrogens is 466 g/mol. The number of benzene rings is 1. The predicted octanol–water partition coefficient (Wildman–Crippen LogP) is 4.08. The third-order valence-electron chi connectivity index (χ3n) is 6.91. The lowest BCUT2D eigenvalue weighted by Crippen LogP contribution is -2.40. The molecule has 3 aromatic heterocycles. The quantitative estimate of drug-likeness (QED) is 0.343. The van der Waals surface area contributed by atoms with Crippen LogP contribution in [-0.2, 0) is 17.6 Å². The summed E-state index contributed by atoms with van der Waals surface area (Å²) in [5, 5.41) is 17.8. The van der Waals surface area contributed by atoms with E-state index < -0.39 is 5.60 Å². The number of hydrogen-bond donors (Lipinski definition) is 3. The summed E-state index contributed by atoms with van der Waals surface area (Å²) in [5.41, 5.74) is 2.99. The van der Waals surface area contributed by atoms with Crippen LogP contribution < -0.4 is 16.2 Å². The SMILES string of the molecule is C=CCn1c(=O)c2cnc(Nc3ccc4c(c3)C(C)NCC4(C)C)nc2n1-c1cccc(C(C)(C)O)n1. The highest BCUT2D eigenvalue weighted by Crippen LogP contribution is 2.36.